The van der Waals surface area contributed by atoms with Crippen LogP contribution in [-0.4, -0.2) is 26.9 Å². The van der Waals surface area contributed by atoms with Crippen LogP contribution >= 0.6 is 0 Å². The van der Waals surface area contributed by atoms with Gasteiger partial charge in [-0.1, -0.05) is 18.2 Å². The Hall–Kier alpha value is -1.06. The number of nitrogens with one attached hydrogen (secondary N) is 1. The second kappa shape index (κ2) is 7.39. The SMILES string of the molecule is COc1ccccc1CNCC1CCCOCC1. The van der Waals surface area contributed by atoms with Gasteiger partial charge in [-0.2, -0.15) is 0 Å². The third kappa shape index (κ3) is 4.00. The van der Waals surface area contributed by atoms with Crippen LogP contribution in [0.1, 0.15) is 24.8 Å². The molecule has 1 aromatic carbocycles. The summed E-state index contributed by atoms with van der Waals surface area (Å²) < 4.78 is 10.8. The molecule has 1 atom stereocenters. The molecule has 1 saturated heterocycles. The van der Waals surface area contributed by atoms with Gasteiger partial charge in [-0.15, -0.1) is 0 Å². The zero-order valence-corrected chi connectivity index (χ0v) is 11.2. The minimum atomic E-state index is 0.752. The fourth-order valence-electron chi connectivity index (χ4n) is 2.43. The Kier molecular flexibility index (Phi) is 5.49. The number of rotatable bonds is 5. The Morgan fingerprint density at radius 1 is 1.28 bits per heavy atom. The number of hydrogen-bond donors (Lipinski definition) is 1. The van der Waals surface area contributed by atoms with Crippen LogP contribution in [0.5, 0.6) is 5.75 Å². The lowest BCUT2D eigenvalue weighted by Gasteiger charge is -2.15. The molecule has 0 bridgehead atoms. The molecule has 1 aliphatic heterocycles. The summed E-state index contributed by atoms with van der Waals surface area (Å²) in [6.07, 6.45) is 3.65. The van der Waals surface area contributed by atoms with Crippen molar-refractivity contribution in [1.82, 2.24) is 5.32 Å². The Morgan fingerprint density at radius 2 is 2.17 bits per heavy atom. The maximum atomic E-state index is 5.48. The first-order chi connectivity index (χ1) is 8.90. The van der Waals surface area contributed by atoms with E-state index in [-0.39, 0.29) is 0 Å². The van der Waals surface area contributed by atoms with Crippen molar-refractivity contribution in [3.05, 3.63) is 29.8 Å². The van der Waals surface area contributed by atoms with Gasteiger partial charge >= 0.3 is 0 Å². The molecule has 1 heterocycles. The van der Waals surface area contributed by atoms with Crippen LogP contribution in [0, 0.1) is 5.92 Å². The highest BCUT2D eigenvalue weighted by Crippen LogP contribution is 2.18. The standard InChI is InChI=1S/C15H23NO2/c1-17-15-7-3-2-6-14(15)12-16-11-13-5-4-9-18-10-8-13/h2-3,6-7,13,16H,4-5,8-12H2,1H3. The summed E-state index contributed by atoms with van der Waals surface area (Å²) >= 11 is 0. The van der Waals surface area contributed by atoms with Crippen LogP contribution in [0.4, 0.5) is 0 Å². The number of para-hydroxylation sites is 1. The lowest BCUT2D eigenvalue weighted by Crippen LogP contribution is -2.23. The van der Waals surface area contributed by atoms with Gasteiger partial charge in [-0.25, -0.2) is 0 Å². The van der Waals surface area contributed by atoms with Gasteiger partial charge in [-0.05, 0) is 37.8 Å². The normalized spacial score (nSPS) is 20.4. The Bertz CT molecular complexity index is 346. The Labute approximate surface area is 109 Å². The van der Waals surface area contributed by atoms with Crippen molar-refractivity contribution in [2.45, 2.75) is 25.8 Å². The first-order valence-corrected chi connectivity index (χ1v) is 6.80. The van der Waals surface area contributed by atoms with Crippen molar-refractivity contribution >= 4 is 0 Å². The van der Waals surface area contributed by atoms with Crippen molar-refractivity contribution in [3.8, 4) is 5.75 Å². The van der Waals surface area contributed by atoms with Crippen molar-refractivity contribution in [2.75, 3.05) is 26.9 Å². The van der Waals surface area contributed by atoms with Gasteiger partial charge in [0.2, 0.25) is 0 Å². The molecule has 0 amide bonds. The third-order valence-corrected chi connectivity index (χ3v) is 3.51. The zero-order chi connectivity index (χ0) is 12.6. The predicted molar refractivity (Wildman–Crippen MR) is 72.9 cm³/mol. The molecule has 0 spiro atoms. The number of methoxy groups -OCH3 is 1. The summed E-state index contributed by atoms with van der Waals surface area (Å²) in [5.74, 6) is 1.72. The van der Waals surface area contributed by atoms with Gasteiger partial charge in [0, 0.05) is 25.3 Å². The van der Waals surface area contributed by atoms with E-state index >= 15 is 0 Å². The van der Waals surface area contributed by atoms with Crippen molar-refractivity contribution < 1.29 is 9.47 Å². The second-order valence-corrected chi connectivity index (χ2v) is 4.85. The van der Waals surface area contributed by atoms with E-state index in [2.05, 4.69) is 17.4 Å². The van der Waals surface area contributed by atoms with E-state index in [4.69, 9.17) is 9.47 Å². The Balaban J connectivity index is 1.77. The van der Waals surface area contributed by atoms with Gasteiger partial charge in [0.05, 0.1) is 7.11 Å². The molecular weight excluding hydrogens is 226 g/mol. The van der Waals surface area contributed by atoms with Crippen LogP contribution in [-0.2, 0) is 11.3 Å². The predicted octanol–water partition coefficient (Wildman–Crippen LogP) is 2.60. The summed E-state index contributed by atoms with van der Waals surface area (Å²) in [6.45, 7) is 3.80. The largest absolute Gasteiger partial charge is 0.496 e. The first-order valence-electron chi connectivity index (χ1n) is 6.80. The molecule has 1 N–H and O–H groups in total. The topological polar surface area (TPSA) is 30.5 Å². The maximum absolute atomic E-state index is 5.48. The first kappa shape index (κ1) is 13.4. The molecule has 1 aromatic rings. The number of hydrogen-bond acceptors (Lipinski definition) is 3. The van der Waals surface area contributed by atoms with Crippen LogP contribution in [0.3, 0.4) is 0 Å². The van der Waals surface area contributed by atoms with E-state index < -0.39 is 0 Å². The van der Waals surface area contributed by atoms with Gasteiger partial charge in [0.1, 0.15) is 5.75 Å². The monoisotopic (exact) mass is 249 g/mol. The molecular formula is C15H23NO2. The second-order valence-electron chi connectivity index (χ2n) is 4.85. The maximum Gasteiger partial charge on any atom is 0.123 e. The fourth-order valence-corrected chi connectivity index (χ4v) is 2.43. The quantitative estimate of drug-likeness (QED) is 0.870. The van der Waals surface area contributed by atoms with E-state index in [1.165, 1.54) is 24.8 Å². The summed E-state index contributed by atoms with van der Waals surface area (Å²) in [6, 6.07) is 8.18. The molecule has 3 nitrogen and oxygen atoms in total. The summed E-state index contributed by atoms with van der Waals surface area (Å²) in [7, 11) is 1.72. The van der Waals surface area contributed by atoms with E-state index in [1.54, 1.807) is 7.11 Å². The molecule has 3 heteroatoms. The highest BCUT2D eigenvalue weighted by Gasteiger charge is 2.12. The van der Waals surface area contributed by atoms with Crippen molar-refractivity contribution in [3.63, 3.8) is 0 Å². The molecule has 1 fully saturated rings. The summed E-state index contributed by atoms with van der Waals surface area (Å²) in [5.41, 5.74) is 1.23. The van der Waals surface area contributed by atoms with Crippen molar-refractivity contribution in [2.24, 2.45) is 5.92 Å². The Morgan fingerprint density at radius 3 is 3.06 bits per heavy atom. The summed E-state index contributed by atoms with van der Waals surface area (Å²) in [5, 5.41) is 3.54. The average molecular weight is 249 g/mol. The van der Waals surface area contributed by atoms with Crippen LogP contribution in [0.2, 0.25) is 0 Å². The van der Waals surface area contributed by atoms with E-state index in [0.717, 1.165) is 38.0 Å². The van der Waals surface area contributed by atoms with E-state index in [1.807, 2.05) is 12.1 Å². The molecule has 0 aliphatic carbocycles. The highest BCUT2D eigenvalue weighted by molar-refractivity contribution is 5.32. The molecule has 18 heavy (non-hydrogen) atoms. The smallest absolute Gasteiger partial charge is 0.123 e. The number of benzene rings is 1. The molecule has 2 rings (SSSR count). The van der Waals surface area contributed by atoms with E-state index in [9.17, 15) is 0 Å². The van der Waals surface area contributed by atoms with Crippen LogP contribution < -0.4 is 10.1 Å². The zero-order valence-electron chi connectivity index (χ0n) is 11.2. The van der Waals surface area contributed by atoms with Crippen LogP contribution in [0.15, 0.2) is 24.3 Å². The minimum absolute atomic E-state index is 0.752. The van der Waals surface area contributed by atoms with Gasteiger partial charge < -0.3 is 14.8 Å². The average Bonchev–Trinajstić information content (AvgIpc) is 2.68. The lowest BCUT2D eigenvalue weighted by molar-refractivity contribution is 0.141. The highest BCUT2D eigenvalue weighted by atomic mass is 16.5. The lowest BCUT2D eigenvalue weighted by atomic mass is 10.0. The molecule has 0 aromatic heterocycles. The molecule has 100 valence electrons. The minimum Gasteiger partial charge on any atom is -0.496 e. The van der Waals surface area contributed by atoms with Crippen LogP contribution in [0.25, 0.3) is 0 Å². The summed E-state index contributed by atoms with van der Waals surface area (Å²) in [4.78, 5) is 0. The van der Waals surface area contributed by atoms with E-state index in [0.29, 0.717) is 0 Å². The molecule has 0 radical (unpaired) electrons. The number of ether oxygens (including phenoxy) is 2. The van der Waals surface area contributed by atoms with Gasteiger partial charge in [0.15, 0.2) is 0 Å². The van der Waals surface area contributed by atoms with Gasteiger partial charge in [-0.3, -0.25) is 0 Å². The molecule has 1 unspecified atom stereocenters. The van der Waals surface area contributed by atoms with Gasteiger partial charge in [0.25, 0.3) is 0 Å². The third-order valence-electron chi connectivity index (χ3n) is 3.51. The fraction of sp³-hybridized carbons (Fsp3) is 0.600. The molecule has 0 saturated carbocycles. The molecule has 1 aliphatic rings. The van der Waals surface area contributed by atoms with Crippen molar-refractivity contribution in [1.29, 1.82) is 0 Å².